The third-order valence-electron chi connectivity index (χ3n) is 15.0. The molecule has 0 radical (unpaired) electrons. The van der Waals surface area contributed by atoms with E-state index in [4.69, 9.17) is 4.74 Å². The third kappa shape index (κ3) is 7.90. The second kappa shape index (κ2) is 15.7. The molecule has 0 spiro atoms. The monoisotopic (exact) mass is 703 g/mol. The minimum Gasteiger partial charge on any atom is -0.395 e. The van der Waals surface area contributed by atoms with Crippen LogP contribution in [0.1, 0.15) is 111 Å². The van der Waals surface area contributed by atoms with Gasteiger partial charge in [-0.15, -0.1) is 0 Å². The van der Waals surface area contributed by atoms with E-state index in [1.54, 1.807) is 5.57 Å². The molecule has 1 aromatic heterocycles. The number of aliphatic hydroxyl groups excluding tert-OH is 1. The topological polar surface area (TPSA) is 65.6 Å². The molecule has 6 rings (SSSR count). The molecule has 4 aliphatic carbocycles. The van der Waals surface area contributed by atoms with E-state index in [1.165, 1.54) is 63.2 Å². The molecule has 0 aliphatic heterocycles. The van der Waals surface area contributed by atoms with Crippen LogP contribution in [0, 0.1) is 46.3 Å². The van der Waals surface area contributed by atoms with Crippen LogP contribution < -0.4 is 0 Å². The molecule has 3 fully saturated rings. The summed E-state index contributed by atoms with van der Waals surface area (Å²) in [5.74, 6) is 5.22. The Bertz CT molecular complexity index is 1510. The molecular formula is C45H72N3O3+. The first-order valence-electron chi connectivity index (χ1n) is 20.8. The van der Waals surface area contributed by atoms with Crippen LogP contribution in [-0.2, 0) is 16.0 Å². The van der Waals surface area contributed by atoms with Gasteiger partial charge in [0, 0.05) is 36.6 Å². The number of rotatable bonds is 15. The van der Waals surface area contributed by atoms with E-state index in [2.05, 4.69) is 85.0 Å². The molecule has 284 valence electrons. The van der Waals surface area contributed by atoms with Gasteiger partial charge < -0.3 is 24.2 Å². The Balaban J connectivity index is 1.05. The van der Waals surface area contributed by atoms with Crippen LogP contribution in [0.4, 0.5) is 0 Å². The number of allylic oxidation sites excluding steroid dienone is 1. The van der Waals surface area contributed by atoms with Gasteiger partial charge in [0.05, 0.1) is 40.5 Å². The predicted molar refractivity (Wildman–Crippen MR) is 210 cm³/mol. The number of fused-ring (bicyclic) bond motifs is 6. The molecular weight excluding hydrogens is 631 g/mol. The summed E-state index contributed by atoms with van der Waals surface area (Å²) in [5, 5.41) is 11.2. The Morgan fingerprint density at radius 1 is 1.02 bits per heavy atom. The second-order valence-electron chi connectivity index (χ2n) is 19.3. The molecule has 3 saturated carbocycles. The first-order chi connectivity index (χ1) is 24.3. The second-order valence-corrected chi connectivity index (χ2v) is 19.3. The maximum absolute atomic E-state index is 14.1. The van der Waals surface area contributed by atoms with Crippen molar-refractivity contribution in [2.45, 2.75) is 124 Å². The molecule has 6 heteroatoms. The Hall–Kier alpha value is -2.15. The molecule has 2 aromatic rings. The lowest BCUT2D eigenvalue weighted by atomic mass is 9.47. The van der Waals surface area contributed by atoms with Crippen LogP contribution in [0.2, 0.25) is 0 Å². The Kier molecular flexibility index (Phi) is 11.9. The van der Waals surface area contributed by atoms with Gasteiger partial charge in [0.25, 0.3) is 5.91 Å². The zero-order chi connectivity index (χ0) is 36.6. The number of benzene rings is 1. The van der Waals surface area contributed by atoms with Crippen molar-refractivity contribution in [2.24, 2.45) is 46.3 Å². The number of carbonyl (C=O) groups is 1. The standard InChI is InChI=1S/C45H72N3O3/c1-31(2)12-11-13-32(3)38-18-19-39-37-17-16-34-29-35(20-22-44(34,4)40(37)21-23-45(38,39)5)51-27-25-47(24-26-49)43(50)42(48(6,7)8)28-33-30-46-41-15-10-9-14-36(33)41/h9-10,14-16,30-32,35,37-40,42,46,49H,11-13,17-29H2,1-8H3/q+1/t32-,35+,37+,38-,39+,40+,42+,44+,45-/m1/s1. The van der Waals surface area contributed by atoms with Crippen molar-refractivity contribution < 1.29 is 19.1 Å². The molecule has 0 unspecified atom stereocenters. The van der Waals surface area contributed by atoms with E-state index in [9.17, 15) is 9.90 Å². The molecule has 9 atom stereocenters. The van der Waals surface area contributed by atoms with Crippen molar-refractivity contribution in [3.8, 4) is 0 Å². The number of H-pyrrole nitrogens is 1. The van der Waals surface area contributed by atoms with Crippen molar-refractivity contribution in [1.82, 2.24) is 9.88 Å². The van der Waals surface area contributed by atoms with Crippen molar-refractivity contribution in [3.05, 3.63) is 47.7 Å². The predicted octanol–water partition coefficient (Wildman–Crippen LogP) is 9.03. The van der Waals surface area contributed by atoms with Gasteiger partial charge in [-0.3, -0.25) is 4.79 Å². The number of amides is 1. The lowest BCUT2D eigenvalue weighted by molar-refractivity contribution is -0.886. The van der Waals surface area contributed by atoms with Crippen LogP contribution in [0.25, 0.3) is 10.9 Å². The van der Waals surface area contributed by atoms with Crippen molar-refractivity contribution >= 4 is 16.8 Å². The van der Waals surface area contributed by atoms with Gasteiger partial charge in [0.15, 0.2) is 6.04 Å². The number of hydrogen-bond acceptors (Lipinski definition) is 3. The van der Waals surface area contributed by atoms with Gasteiger partial charge in [-0.05, 0) is 109 Å². The minimum absolute atomic E-state index is 0.0439. The SMILES string of the molecule is CC(C)CCC[C@@H](C)[C@H]1CC[C@H]2[C@@H]3CC=C4C[C@@H](OCCN(CCO)C(=O)[C@H](Cc5c[nH]c6ccccc56)[N+](C)(C)C)CC[C@]4(C)[C@H]3CC[C@]12C. The highest BCUT2D eigenvalue weighted by atomic mass is 16.5. The van der Waals surface area contributed by atoms with Crippen LogP contribution in [0.15, 0.2) is 42.1 Å². The first-order valence-corrected chi connectivity index (χ1v) is 20.8. The number of aliphatic hydroxyl groups is 1. The van der Waals surface area contributed by atoms with Crippen LogP contribution >= 0.6 is 0 Å². The number of para-hydroxylation sites is 1. The number of carbonyl (C=O) groups excluding carboxylic acids is 1. The van der Waals surface area contributed by atoms with Crippen LogP contribution in [-0.4, -0.2) is 85.0 Å². The summed E-state index contributed by atoms with van der Waals surface area (Å²) in [6.45, 7) is 13.9. The number of hydrogen-bond donors (Lipinski definition) is 2. The average molecular weight is 703 g/mol. The van der Waals surface area contributed by atoms with Gasteiger partial charge in [0.1, 0.15) is 0 Å². The third-order valence-corrected chi connectivity index (χ3v) is 15.0. The molecule has 1 aromatic carbocycles. The van der Waals surface area contributed by atoms with Gasteiger partial charge in [-0.1, -0.05) is 83.7 Å². The normalized spacial score (nSPS) is 31.9. The number of nitrogens with one attached hydrogen (secondary N) is 1. The molecule has 1 amide bonds. The van der Waals surface area contributed by atoms with Gasteiger partial charge in [-0.2, -0.15) is 0 Å². The number of aromatic nitrogens is 1. The zero-order valence-electron chi connectivity index (χ0n) is 33.6. The summed E-state index contributed by atoms with van der Waals surface area (Å²) in [5.41, 5.74) is 4.75. The van der Waals surface area contributed by atoms with Gasteiger partial charge in [0.2, 0.25) is 0 Å². The molecule has 51 heavy (non-hydrogen) atoms. The molecule has 6 nitrogen and oxygen atoms in total. The fraction of sp³-hybridized carbons (Fsp3) is 0.756. The number of quaternary nitrogens is 1. The van der Waals surface area contributed by atoms with E-state index in [1.807, 2.05) is 17.2 Å². The van der Waals surface area contributed by atoms with Gasteiger partial charge in [-0.25, -0.2) is 0 Å². The largest absolute Gasteiger partial charge is 0.395 e. The average Bonchev–Trinajstić information content (AvgIpc) is 3.66. The highest BCUT2D eigenvalue weighted by molar-refractivity contribution is 5.85. The lowest BCUT2D eigenvalue weighted by Crippen LogP contribution is -2.56. The molecule has 0 saturated heterocycles. The smallest absolute Gasteiger partial charge is 0.281 e. The molecule has 4 aliphatic rings. The van der Waals surface area contributed by atoms with E-state index in [0.717, 1.165) is 59.4 Å². The Morgan fingerprint density at radius 3 is 2.55 bits per heavy atom. The van der Waals surface area contributed by atoms with E-state index in [0.29, 0.717) is 41.4 Å². The summed E-state index contributed by atoms with van der Waals surface area (Å²) < 4.78 is 7.14. The molecule has 1 heterocycles. The van der Waals surface area contributed by atoms with E-state index < -0.39 is 0 Å². The quantitative estimate of drug-likeness (QED) is 0.144. The maximum Gasteiger partial charge on any atom is 0.281 e. The Morgan fingerprint density at radius 2 is 1.80 bits per heavy atom. The lowest BCUT2D eigenvalue weighted by Gasteiger charge is -2.58. The zero-order valence-corrected chi connectivity index (χ0v) is 33.6. The first kappa shape index (κ1) is 38.6. The number of likely N-dealkylation sites (N-methyl/N-ethyl adjacent to an activating group) is 1. The van der Waals surface area contributed by atoms with E-state index >= 15 is 0 Å². The summed E-state index contributed by atoms with van der Waals surface area (Å²) >= 11 is 0. The fourth-order valence-corrected chi connectivity index (χ4v) is 12.0. The number of nitrogens with zero attached hydrogens (tertiary/aromatic N) is 2. The van der Waals surface area contributed by atoms with Crippen LogP contribution in [0.3, 0.4) is 0 Å². The van der Waals surface area contributed by atoms with E-state index in [-0.39, 0.29) is 24.7 Å². The highest BCUT2D eigenvalue weighted by Gasteiger charge is 2.59. The van der Waals surface area contributed by atoms with Gasteiger partial charge >= 0.3 is 0 Å². The summed E-state index contributed by atoms with van der Waals surface area (Å²) in [4.78, 5) is 19.4. The van der Waals surface area contributed by atoms with Crippen molar-refractivity contribution in [2.75, 3.05) is 47.4 Å². The highest BCUT2D eigenvalue weighted by Crippen LogP contribution is 2.67. The van der Waals surface area contributed by atoms with Crippen molar-refractivity contribution in [1.29, 1.82) is 0 Å². The van der Waals surface area contributed by atoms with Crippen molar-refractivity contribution in [3.63, 3.8) is 0 Å². The summed E-state index contributed by atoms with van der Waals surface area (Å²) in [6, 6.07) is 8.04. The maximum atomic E-state index is 14.1. The number of aromatic amines is 1. The molecule has 2 N–H and O–H groups in total. The Labute approximate surface area is 310 Å². The summed E-state index contributed by atoms with van der Waals surface area (Å²) in [6.07, 6.45) is 20.1. The number of ether oxygens (including phenoxy) is 1. The van der Waals surface area contributed by atoms with Crippen LogP contribution in [0.5, 0.6) is 0 Å². The summed E-state index contributed by atoms with van der Waals surface area (Å²) in [7, 11) is 6.29. The molecule has 0 bridgehead atoms. The minimum atomic E-state index is -0.257. The fourth-order valence-electron chi connectivity index (χ4n) is 12.0.